The number of aliphatic hydroxyl groups excluding tert-OH is 1. The molecule has 0 fully saturated rings. The van der Waals surface area contributed by atoms with E-state index in [2.05, 4.69) is 26.0 Å². The van der Waals surface area contributed by atoms with Crippen LogP contribution >= 0.6 is 0 Å². The Balaban J connectivity index is 3.35. The van der Waals surface area contributed by atoms with Gasteiger partial charge in [0.05, 0.1) is 13.2 Å². The van der Waals surface area contributed by atoms with Gasteiger partial charge in [0, 0.05) is 13.0 Å². The summed E-state index contributed by atoms with van der Waals surface area (Å²) in [5.74, 6) is -0.201. The zero-order chi connectivity index (χ0) is 30.6. The number of unbranched alkanes of at least 4 members (excludes halogenated alkanes) is 25. The first-order valence-corrected chi connectivity index (χ1v) is 18.8. The summed E-state index contributed by atoms with van der Waals surface area (Å²) in [7, 11) is 0. The van der Waals surface area contributed by atoms with Gasteiger partial charge in [0.1, 0.15) is 6.10 Å². The van der Waals surface area contributed by atoms with Crippen LogP contribution in [-0.4, -0.2) is 37.0 Å². The van der Waals surface area contributed by atoms with Crippen LogP contribution in [0.3, 0.4) is 0 Å². The molecule has 250 valence electrons. The van der Waals surface area contributed by atoms with Crippen LogP contribution in [-0.2, 0) is 14.3 Å². The Kier molecular flexibility index (Phi) is 35.6. The summed E-state index contributed by atoms with van der Waals surface area (Å²) in [5, 5.41) is 9.49. The van der Waals surface area contributed by atoms with Gasteiger partial charge in [-0.05, 0) is 38.5 Å². The molecule has 1 N–H and O–H groups in total. The fourth-order valence-electron chi connectivity index (χ4n) is 5.50. The van der Waals surface area contributed by atoms with E-state index >= 15 is 0 Å². The maximum atomic E-state index is 12.1. The molecular formula is C38H74O4. The zero-order valence-electron chi connectivity index (χ0n) is 28.5. The molecule has 0 aliphatic carbocycles. The van der Waals surface area contributed by atoms with E-state index in [-0.39, 0.29) is 12.6 Å². The minimum Gasteiger partial charge on any atom is -0.457 e. The van der Waals surface area contributed by atoms with Crippen molar-refractivity contribution in [2.24, 2.45) is 0 Å². The molecule has 0 aliphatic heterocycles. The van der Waals surface area contributed by atoms with E-state index in [1.807, 2.05) is 0 Å². The lowest BCUT2D eigenvalue weighted by molar-refractivity contribution is -0.154. The van der Waals surface area contributed by atoms with Crippen molar-refractivity contribution in [3.8, 4) is 0 Å². The second-order valence-electron chi connectivity index (χ2n) is 12.7. The van der Waals surface area contributed by atoms with E-state index in [4.69, 9.17) is 9.47 Å². The van der Waals surface area contributed by atoms with Crippen LogP contribution in [0.15, 0.2) is 12.2 Å². The summed E-state index contributed by atoms with van der Waals surface area (Å²) in [6.07, 6.45) is 41.2. The first-order valence-electron chi connectivity index (χ1n) is 18.8. The van der Waals surface area contributed by atoms with Gasteiger partial charge in [-0.3, -0.25) is 4.79 Å². The van der Waals surface area contributed by atoms with Crippen LogP contribution in [0.2, 0.25) is 0 Å². The Morgan fingerprint density at radius 2 is 0.929 bits per heavy atom. The van der Waals surface area contributed by atoms with Gasteiger partial charge >= 0.3 is 5.97 Å². The minimum absolute atomic E-state index is 0.167. The lowest BCUT2D eigenvalue weighted by atomic mass is 10.0. The highest BCUT2D eigenvalue weighted by Gasteiger charge is 2.13. The van der Waals surface area contributed by atoms with Crippen molar-refractivity contribution >= 4 is 5.97 Å². The summed E-state index contributed by atoms with van der Waals surface area (Å²) in [4.78, 5) is 12.1. The molecule has 0 aliphatic rings. The summed E-state index contributed by atoms with van der Waals surface area (Å²) in [6, 6.07) is 0. The van der Waals surface area contributed by atoms with Crippen molar-refractivity contribution in [3.63, 3.8) is 0 Å². The molecular weight excluding hydrogens is 520 g/mol. The van der Waals surface area contributed by atoms with Gasteiger partial charge in [-0.15, -0.1) is 0 Å². The number of allylic oxidation sites excluding steroid dienone is 2. The molecule has 0 bridgehead atoms. The fourth-order valence-corrected chi connectivity index (χ4v) is 5.50. The number of carbonyl (C=O) groups excluding carboxylic acids is 1. The molecule has 0 radical (unpaired) electrons. The van der Waals surface area contributed by atoms with E-state index in [9.17, 15) is 9.90 Å². The van der Waals surface area contributed by atoms with Gasteiger partial charge in [0.2, 0.25) is 0 Å². The van der Waals surface area contributed by atoms with Gasteiger partial charge in [-0.25, -0.2) is 0 Å². The van der Waals surface area contributed by atoms with Crippen molar-refractivity contribution in [2.45, 2.75) is 206 Å². The number of hydrogen-bond donors (Lipinski definition) is 1. The molecule has 0 saturated heterocycles. The van der Waals surface area contributed by atoms with E-state index < -0.39 is 6.10 Å². The quantitative estimate of drug-likeness (QED) is 0.0450. The van der Waals surface area contributed by atoms with Crippen molar-refractivity contribution < 1.29 is 19.4 Å². The number of carbonyl (C=O) groups is 1. The van der Waals surface area contributed by atoms with Crippen molar-refractivity contribution in [1.29, 1.82) is 0 Å². The van der Waals surface area contributed by atoms with Crippen molar-refractivity contribution in [3.05, 3.63) is 12.2 Å². The molecule has 0 saturated carbocycles. The van der Waals surface area contributed by atoms with Crippen LogP contribution in [0.5, 0.6) is 0 Å². The molecule has 4 heteroatoms. The molecule has 0 rings (SSSR count). The molecule has 1 unspecified atom stereocenters. The Morgan fingerprint density at radius 1 is 0.548 bits per heavy atom. The standard InChI is InChI=1S/C38H74O4/c1-3-5-7-9-11-12-13-14-15-16-17-18-19-20-21-22-23-24-25-26-27-29-31-33-38(40)42-37(35-39)36-41-34-32-30-28-10-8-6-4-2/h16-17,37,39H,3-15,18-36H2,1-2H3/b17-16-. The van der Waals surface area contributed by atoms with E-state index in [0.717, 1.165) is 19.3 Å². The van der Waals surface area contributed by atoms with Crippen molar-refractivity contribution in [2.75, 3.05) is 19.8 Å². The average molecular weight is 595 g/mol. The second-order valence-corrected chi connectivity index (χ2v) is 12.7. The SMILES string of the molecule is CCCCCCCCCC/C=C\CCCCCCCCCCCCCC(=O)OC(CO)COCCCCCCCCC. The number of ether oxygens (including phenoxy) is 2. The largest absolute Gasteiger partial charge is 0.457 e. The molecule has 0 aromatic rings. The van der Waals surface area contributed by atoms with E-state index in [1.54, 1.807) is 0 Å². The normalized spacial score (nSPS) is 12.4. The molecule has 0 aromatic carbocycles. The van der Waals surface area contributed by atoms with Gasteiger partial charge in [-0.2, -0.15) is 0 Å². The summed E-state index contributed by atoms with van der Waals surface area (Å²) >= 11 is 0. The maximum Gasteiger partial charge on any atom is 0.306 e. The molecule has 1 atom stereocenters. The fraction of sp³-hybridized carbons (Fsp3) is 0.921. The van der Waals surface area contributed by atoms with E-state index in [1.165, 1.54) is 161 Å². The smallest absolute Gasteiger partial charge is 0.306 e. The summed E-state index contributed by atoms with van der Waals surface area (Å²) in [5.41, 5.74) is 0. The Bertz CT molecular complexity index is 547. The van der Waals surface area contributed by atoms with Gasteiger partial charge in [0.25, 0.3) is 0 Å². The van der Waals surface area contributed by atoms with Crippen molar-refractivity contribution in [1.82, 2.24) is 0 Å². The van der Waals surface area contributed by atoms with Crippen LogP contribution in [0.25, 0.3) is 0 Å². The number of hydrogen-bond acceptors (Lipinski definition) is 4. The number of rotatable bonds is 35. The van der Waals surface area contributed by atoms with Crippen LogP contribution in [0.4, 0.5) is 0 Å². The van der Waals surface area contributed by atoms with Gasteiger partial charge < -0.3 is 14.6 Å². The Hall–Kier alpha value is -0.870. The lowest BCUT2D eigenvalue weighted by Gasteiger charge is -2.15. The minimum atomic E-state index is -0.525. The van der Waals surface area contributed by atoms with Gasteiger partial charge in [-0.1, -0.05) is 167 Å². The molecule has 0 aromatic heterocycles. The molecule has 0 amide bonds. The topological polar surface area (TPSA) is 55.8 Å². The summed E-state index contributed by atoms with van der Waals surface area (Å²) in [6.45, 7) is 5.34. The van der Waals surface area contributed by atoms with Gasteiger partial charge in [0.15, 0.2) is 0 Å². The highest BCUT2D eigenvalue weighted by Crippen LogP contribution is 2.14. The number of aliphatic hydroxyl groups is 1. The summed E-state index contributed by atoms with van der Waals surface area (Å²) < 4.78 is 11.0. The maximum absolute atomic E-state index is 12.1. The predicted molar refractivity (Wildman–Crippen MR) is 182 cm³/mol. The highest BCUT2D eigenvalue weighted by atomic mass is 16.6. The monoisotopic (exact) mass is 595 g/mol. The van der Waals surface area contributed by atoms with Crippen LogP contribution in [0, 0.1) is 0 Å². The number of esters is 1. The van der Waals surface area contributed by atoms with Crippen LogP contribution in [0.1, 0.15) is 200 Å². The molecule has 42 heavy (non-hydrogen) atoms. The average Bonchev–Trinajstić information content (AvgIpc) is 3.00. The highest BCUT2D eigenvalue weighted by molar-refractivity contribution is 5.69. The third kappa shape index (κ3) is 33.6. The van der Waals surface area contributed by atoms with E-state index in [0.29, 0.717) is 19.6 Å². The third-order valence-electron chi connectivity index (χ3n) is 8.34. The third-order valence-corrected chi connectivity index (χ3v) is 8.34. The molecule has 0 spiro atoms. The molecule has 0 heterocycles. The lowest BCUT2D eigenvalue weighted by Crippen LogP contribution is -2.27. The first kappa shape index (κ1) is 41.1. The zero-order valence-corrected chi connectivity index (χ0v) is 28.5. The first-order chi connectivity index (χ1) is 20.7. The predicted octanol–water partition coefficient (Wildman–Crippen LogP) is 11.8. The van der Waals surface area contributed by atoms with Crippen LogP contribution < -0.4 is 0 Å². The molecule has 4 nitrogen and oxygen atoms in total. The Morgan fingerprint density at radius 3 is 1.36 bits per heavy atom. The Labute approximate surface area is 263 Å². The second kappa shape index (κ2) is 36.3.